The van der Waals surface area contributed by atoms with Gasteiger partial charge in [-0.3, -0.25) is 0 Å². The van der Waals surface area contributed by atoms with Gasteiger partial charge in [-0.2, -0.15) is 8.42 Å². The second-order valence-electron chi connectivity index (χ2n) is 8.68. The van der Waals surface area contributed by atoms with Gasteiger partial charge in [-0.25, -0.2) is 0 Å². The molecule has 0 amide bonds. The van der Waals surface area contributed by atoms with E-state index in [9.17, 15) is 8.42 Å². The Morgan fingerprint density at radius 2 is 1.39 bits per heavy atom. The Kier molecular flexibility index (Phi) is 8.75. The van der Waals surface area contributed by atoms with Crippen LogP contribution in [0.3, 0.4) is 0 Å². The third kappa shape index (κ3) is 7.14. The van der Waals surface area contributed by atoms with Crippen molar-refractivity contribution in [2.24, 2.45) is 3.77 Å². The molecule has 1 N–H and O–H groups in total. The van der Waals surface area contributed by atoms with E-state index in [1.54, 1.807) is 24.3 Å². The molecule has 0 aliphatic rings. The van der Waals surface area contributed by atoms with Crippen LogP contribution in [0.15, 0.2) is 117 Å². The van der Waals surface area contributed by atoms with Crippen molar-refractivity contribution in [3.8, 4) is 0 Å². The average Bonchev–Trinajstić information content (AvgIpc) is 2.88. The van der Waals surface area contributed by atoms with Crippen LogP contribution in [0.25, 0.3) is 0 Å². The summed E-state index contributed by atoms with van der Waals surface area (Å²) in [6, 6.07) is 32.5. The molecule has 186 valence electrons. The van der Waals surface area contributed by atoms with E-state index < -0.39 is 20.7 Å². The quantitative estimate of drug-likeness (QED) is 0.249. The molecule has 0 bridgehead atoms. The smallest absolute Gasteiger partial charge is 0.288 e. The number of nitrogens with zero attached hydrogens (tertiary/aromatic N) is 1. The topological polar surface area (TPSA) is 58.5 Å². The maximum absolute atomic E-state index is 13.3. The average molecular weight is 537 g/mol. The first kappa shape index (κ1) is 26.3. The van der Waals surface area contributed by atoms with Gasteiger partial charge in [-0.05, 0) is 72.1 Å². The van der Waals surface area contributed by atoms with E-state index in [0.29, 0.717) is 17.3 Å². The van der Waals surface area contributed by atoms with Crippen molar-refractivity contribution in [2.45, 2.75) is 36.2 Å². The first-order chi connectivity index (χ1) is 17.3. The molecule has 0 saturated carbocycles. The van der Waals surface area contributed by atoms with Crippen LogP contribution in [0.2, 0.25) is 5.02 Å². The van der Waals surface area contributed by atoms with Gasteiger partial charge in [0.05, 0.1) is 4.90 Å². The Morgan fingerprint density at radius 3 is 2.00 bits per heavy atom. The van der Waals surface area contributed by atoms with Crippen molar-refractivity contribution in [1.82, 2.24) is 5.32 Å². The monoisotopic (exact) mass is 536 g/mol. The molecule has 0 saturated heterocycles. The molecule has 0 fully saturated rings. The van der Waals surface area contributed by atoms with Crippen molar-refractivity contribution in [3.05, 3.63) is 130 Å². The SMILES string of the molecule is Cc1ccc(/[S@@](C[C@@H](NCc2ccccc2)c2ccc(Cl)cc2)=N\S(=O)(=O)c2ccc(C)cc2)cc1. The lowest BCUT2D eigenvalue weighted by Gasteiger charge is -2.21. The molecule has 0 aromatic heterocycles. The van der Waals surface area contributed by atoms with E-state index in [1.807, 2.05) is 80.6 Å². The summed E-state index contributed by atoms with van der Waals surface area (Å²) in [5.41, 5.74) is 4.29. The molecule has 4 nitrogen and oxygen atoms in total. The Morgan fingerprint density at radius 1 is 0.806 bits per heavy atom. The van der Waals surface area contributed by atoms with Crippen LogP contribution < -0.4 is 5.32 Å². The van der Waals surface area contributed by atoms with Crippen LogP contribution in [0.1, 0.15) is 28.3 Å². The Labute approximate surface area is 221 Å². The van der Waals surface area contributed by atoms with Crippen LogP contribution in [-0.2, 0) is 27.3 Å². The van der Waals surface area contributed by atoms with Gasteiger partial charge in [0, 0.05) is 28.3 Å². The molecule has 4 rings (SSSR count). The molecule has 2 atom stereocenters. The third-order valence-corrected chi connectivity index (χ3v) is 9.88. The van der Waals surface area contributed by atoms with Gasteiger partial charge in [0.15, 0.2) is 0 Å². The van der Waals surface area contributed by atoms with E-state index in [4.69, 9.17) is 11.6 Å². The predicted molar refractivity (Wildman–Crippen MR) is 150 cm³/mol. The largest absolute Gasteiger partial charge is 0.305 e. The third-order valence-electron chi connectivity index (χ3n) is 5.79. The van der Waals surface area contributed by atoms with Crippen LogP contribution >= 0.6 is 11.6 Å². The van der Waals surface area contributed by atoms with Crippen LogP contribution in [0, 0.1) is 13.8 Å². The molecule has 4 aromatic carbocycles. The lowest BCUT2D eigenvalue weighted by atomic mass is 10.1. The number of aryl methyl sites for hydroxylation is 2. The minimum atomic E-state index is -3.85. The molecule has 0 heterocycles. The van der Waals surface area contributed by atoms with Gasteiger partial charge in [0.1, 0.15) is 0 Å². The number of benzene rings is 4. The van der Waals surface area contributed by atoms with E-state index in [2.05, 4.69) is 21.2 Å². The van der Waals surface area contributed by atoms with Crippen molar-refractivity contribution in [2.75, 3.05) is 5.75 Å². The molecule has 0 aliphatic carbocycles. The highest BCUT2D eigenvalue weighted by molar-refractivity contribution is 8.00. The molecule has 4 aromatic rings. The number of hydrogen-bond donors (Lipinski definition) is 1. The van der Waals surface area contributed by atoms with Gasteiger partial charge in [0.2, 0.25) is 0 Å². The minimum absolute atomic E-state index is 0.135. The highest BCUT2D eigenvalue weighted by Crippen LogP contribution is 2.24. The number of halogens is 1. The van der Waals surface area contributed by atoms with Gasteiger partial charge >= 0.3 is 0 Å². The highest BCUT2D eigenvalue weighted by Gasteiger charge is 2.20. The van der Waals surface area contributed by atoms with E-state index >= 15 is 0 Å². The fraction of sp³-hybridized carbons (Fsp3) is 0.172. The van der Waals surface area contributed by atoms with Gasteiger partial charge < -0.3 is 5.32 Å². The summed E-state index contributed by atoms with van der Waals surface area (Å²) in [6.45, 7) is 4.59. The molecular formula is C29H29ClN2O2S2. The lowest BCUT2D eigenvalue weighted by molar-refractivity contribution is 0.580. The zero-order valence-corrected chi connectivity index (χ0v) is 22.7. The minimum Gasteiger partial charge on any atom is -0.305 e. The van der Waals surface area contributed by atoms with Crippen molar-refractivity contribution in [1.29, 1.82) is 0 Å². The number of sulfonamides is 1. The molecule has 0 spiro atoms. The maximum Gasteiger partial charge on any atom is 0.288 e. The van der Waals surface area contributed by atoms with Gasteiger partial charge in [-0.1, -0.05) is 89.5 Å². The summed E-state index contributed by atoms with van der Waals surface area (Å²) in [4.78, 5) is 1.09. The molecule has 0 radical (unpaired) electrons. The second kappa shape index (κ2) is 12.0. The Bertz CT molecular complexity index is 1420. The first-order valence-electron chi connectivity index (χ1n) is 11.7. The Hall–Kier alpha value is -2.77. The first-order valence-corrected chi connectivity index (χ1v) is 14.8. The Balaban J connectivity index is 1.73. The molecule has 0 unspecified atom stereocenters. The zero-order chi connectivity index (χ0) is 25.5. The lowest BCUT2D eigenvalue weighted by Crippen LogP contribution is -2.26. The van der Waals surface area contributed by atoms with E-state index in [0.717, 1.165) is 27.1 Å². The number of rotatable bonds is 9. The number of hydrogen-bond acceptors (Lipinski definition) is 3. The fourth-order valence-electron chi connectivity index (χ4n) is 3.70. The van der Waals surface area contributed by atoms with Crippen molar-refractivity contribution >= 4 is 32.3 Å². The van der Waals surface area contributed by atoms with E-state index in [-0.39, 0.29) is 10.9 Å². The highest BCUT2D eigenvalue weighted by atomic mass is 35.5. The summed E-state index contributed by atoms with van der Waals surface area (Å²) in [6.07, 6.45) is 0. The fourth-order valence-corrected chi connectivity index (χ4v) is 7.45. The van der Waals surface area contributed by atoms with Gasteiger partial charge in [-0.15, -0.1) is 3.77 Å². The number of nitrogens with one attached hydrogen (secondary N) is 1. The normalized spacial score (nSPS) is 13.4. The van der Waals surface area contributed by atoms with Crippen LogP contribution in [-0.4, -0.2) is 14.2 Å². The van der Waals surface area contributed by atoms with Crippen molar-refractivity contribution in [3.63, 3.8) is 0 Å². The molecule has 0 aliphatic heterocycles. The van der Waals surface area contributed by atoms with Crippen LogP contribution in [0.5, 0.6) is 0 Å². The molecule has 7 heteroatoms. The van der Waals surface area contributed by atoms with Crippen LogP contribution in [0.4, 0.5) is 0 Å². The summed E-state index contributed by atoms with van der Waals surface area (Å²) in [5.74, 6) is 0.489. The zero-order valence-electron chi connectivity index (χ0n) is 20.3. The maximum atomic E-state index is 13.3. The summed E-state index contributed by atoms with van der Waals surface area (Å²) in [7, 11) is -4.77. The van der Waals surface area contributed by atoms with E-state index in [1.165, 1.54) is 0 Å². The summed E-state index contributed by atoms with van der Waals surface area (Å²) < 4.78 is 31.2. The summed E-state index contributed by atoms with van der Waals surface area (Å²) >= 11 is 6.16. The predicted octanol–water partition coefficient (Wildman–Crippen LogP) is 7.04. The molecule has 36 heavy (non-hydrogen) atoms. The summed E-state index contributed by atoms with van der Waals surface area (Å²) in [5, 5.41) is 4.28. The van der Waals surface area contributed by atoms with Crippen molar-refractivity contribution < 1.29 is 8.42 Å². The standard InChI is InChI=1S/C29H29ClN2O2S2/c1-22-8-16-27(17-9-22)35(32-36(33,34)28-18-10-23(2)11-19-28)21-29(25-12-14-26(30)15-13-25)31-20-24-6-4-3-5-7-24/h3-19,29,31H,20-21H2,1-2H3/t29-,35-/m1/s1. The second-order valence-corrected chi connectivity index (χ2v) is 12.7. The molecular weight excluding hydrogens is 508 g/mol. The van der Waals surface area contributed by atoms with Gasteiger partial charge in [0.25, 0.3) is 10.0 Å².